The number of allylic oxidation sites excluding steroid dienone is 4. The van der Waals surface area contributed by atoms with E-state index < -0.39 is 21.8 Å². The van der Waals surface area contributed by atoms with E-state index in [-0.39, 0.29) is 31.2 Å². The molecule has 5 heteroatoms. The second-order valence-electron chi connectivity index (χ2n) is 4.31. The smallest absolute Gasteiger partial charge is 0.204 e. The molecule has 0 aromatic heterocycles. The maximum Gasteiger partial charge on any atom is 0.204 e. The first-order valence-electron chi connectivity index (χ1n) is 5.43. The summed E-state index contributed by atoms with van der Waals surface area (Å²) in [4.78, 5) is 8.58. The van der Waals surface area contributed by atoms with Crippen LogP contribution in [0.25, 0.3) is 0 Å². The number of rotatable bonds is 1. The van der Waals surface area contributed by atoms with Gasteiger partial charge < -0.3 is 30.5 Å². The summed E-state index contributed by atoms with van der Waals surface area (Å²) >= 11 is -0.860. The Morgan fingerprint density at radius 3 is 1.82 bits per heavy atom. The molecule has 1 aliphatic carbocycles. The first-order valence-corrected chi connectivity index (χ1v) is 10.1. The maximum absolute atomic E-state index is 8.58. The predicted molar refractivity (Wildman–Crippen MR) is 60.1 cm³/mol. The number of amides is 1. The predicted octanol–water partition coefficient (Wildman–Crippen LogP) is -3.18. The van der Waals surface area contributed by atoms with E-state index in [1.807, 2.05) is 3.28 Å². The van der Waals surface area contributed by atoms with E-state index in [0.29, 0.717) is 0 Å². The number of hydrogen-bond donors (Lipinski definition) is 1. The van der Waals surface area contributed by atoms with Gasteiger partial charge in [0.2, 0.25) is 6.41 Å². The molecular weight excluding hydrogens is 336 g/mol. The largest absolute Gasteiger partial charge is 1.00 e. The summed E-state index contributed by atoms with van der Waals surface area (Å²) in [5.41, 5.74) is 9.12. The van der Waals surface area contributed by atoms with Gasteiger partial charge in [0, 0.05) is 0 Å². The number of nitrogens with two attached hydrogens (primary N) is 1. The molecule has 97 valence electrons. The Balaban J connectivity index is 0. The molecule has 1 saturated heterocycles. The summed E-state index contributed by atoms with van der Waals surface area (Å²) in [5, 5.41) is 0. The van der Waals surface area contributed by atoms with Crippen LogP contribution in [-0.4, -0.2) is 6.41 Å². The van der Waals surface area contributed by atoms with Gasteiger partial charge in [-0.25, -0.2) is 0 Å². The molecule has 0 aromatic rings. The van der Waals surface area contributed by atoms with Gasteiger partial charge >= 0.3 is 83.6 Å². The van der Waals surface area contributed by atoms with Gasteiger partial charge in [-0.1, -0.05) is 0 Å². The van der Waals surface area contributed by atoms with Crippen LogP contribution < -0.4 is 30.5 Å². The van der Waals surface area contributed by atoms with E-state index in [0.717, 1.165) is 5.92 Å². The first-order chi connectivity index (χ1) is 7.04. The van der Waals surface area contributed by atoms with Gasteiger partial charge in [0.25, 0.3) is 0 Å². The molecule has 17 heavy (non-hydrogen) atoms. The molecule has 1 amide bonds. The van der Waals surface area contributed by atoms with Crippen LogP contribution in [0.15, 0.2) is 20.0 Å². The van der Waals surface area contributed by atoms with Crippen LogP contribution in [0.5, 0.6) is 0 Å². The molecule has 1 heterocycles. The number of primary amides is 1. The van der Waals surface area contributed by atoms with Crippen LogP contribution >= 0.6 is 0 Å². The minimum Gasteiger partial charge on any atom is -1.00 e. The van der Waals surface area contributed by atoms with E-state index in [1.165, 1.54) is 0 Å². The molecular formula is C12H20Cl2NOZr. The fourth-order valence-electron chi connectivity index (χ4n) is 2.27. The number of halogens is 2. The van der Waals surface area contributed by atoms with Crippen LogP contribution in [0.2, 0.25) is 8.26 Å². The Labute approximate surface area is 125 Å². The molecule has 2 rings (SSSR count). The molecule has 1 fully saturated rings. The van der Waals surface area contributed by atoms with Crippen molar-refractivity contribution >= 4 is 6.41 Å². The molecule has 1 atom stereocenters. The van der Waals surface area contributed by atoms with Crippen molar-refractivity contribution in [3.8, 4) is 0 Å². The van der Waals surface area contributed by atoms with E-state index in [9.17, 15) is 0 Å². The maximum atomic E-state index is 8.58. The van der Waals surface area contributed by atoms with Crippen LogP contribution in [0.3, 0.4) is 0 Å². The zero-order chi connectivity index (χ0) is 11.6. The average molecular weight is 356 g/mol. The Morgan fingerprint density at radius 2 is 1.59 bits per heavy atom. The fourth-order valence-corrected chi connectivity index (χ4v) is 9.52. The van der Waals surface area contributed by atoms with Crippen LogP contribution in [0.1, 0.15) is 27.7 Å². The molecule has 1 unspecified atom stereocenters. The van der Waals surface area contributed by atoms with E-state index >= 15 is 0 Å². The standard InChI is InChI=1S/C9H13.C2H4.CH3NO.2ClH.Zr/c1-6-5-7(2)9(4)8(6)3;1-2;2-1-3;;;/h6H,1-4H3;1-2H2;1H,(H2,2,3);2*1H;/q;;;;;+2/p-2. The number of hydrogen-bond acceptors (Lipinski definition) is 1. The SMILES string of the molecule is CC1=C(C)C(C)[C]([Zr+2]2[CH2][CH2]2)=C1C.NC=O.[Cl-].[Cl-]. The van der Waals surface area contributed by atoms with Crippen LogP contribution in [0.4, 0.5) is 0 Å². The normalized spacial score (nSPS) is 21.2. The van der Waals surface area contributed by atoms with Crippen molar-refractivity contribution in [1.29, 1.82) is 0 Å². The third kappa shape index (κ3) is 4.54. The Hall–Kier alpha value is 0.413. The molecule has 2 N–H and O–H groups in total. The minimum atomic E-state index is -0.860. The Bertz CT molecular complexity index is 335. The summed E-state index contributed by atoms with van der Waals surface area (Å²) in [6, 6.07) is 0. The fraction of sp³-hybridized carbons (Fsp3) is 0.583. The topological polar surface area (TPSA) is 43.1 Å². The van der Waals surface area contributed by atoms with Crippen molar-refractivity contribution in [3.63, 3.8) is 0 Å². The average Bonchev–Trinajstić information content (AvgIpc) is 2.97. The molecule has 0 spiro atoms. The van der Waals surface area contributed by atoms with Crippen molar-refractivity contribution in [2.45, 2.75) is 36.0 Å². The summed E-state index contributed by atoms with van der Waals surface area (Å²) in [6.07, 6.45) is 0.250. The number of carbonyl (C=O) groups excluding carboxylic acids is 1. The van der Waals surface area contributed by atoms with Gasteiger partial charge in [-0.05, 0) is 0 Å². The van der Waals surface area contributed by atoms with Gasteiger partial charge in [-0.2, -0.15) is 0 Å². The summed E-state index contributed by atoms with van der Waals surface area (Å²) in [5.74, 6) is 0.835. The Kier molecular flexibility index (Phi) is 9.88. The van der Waals surface area contributed by atoms with E-state index in [1.54, 1.807) is 25.0 Å². The Morgan fingerprint density at radius 1 is 1.18 bits per heavy atom. The van der Waals surface area contributed by atoms with Crippen molar-refractivity contribution in [3.05, 3.63) is 20.0 Å². The van der Waals surface area contributed by atoms with Crippen molar-refractivity contribution in [2.75, 3.05) is 0 Å². The second kappa shape index (κ2) is 8.50. The van der Waals surface area contributed by atoms with Crippen molar-refractivity contribution < 1.29 is 51.4 Å². The third-order valence-electron chi connectivity index (χ3n) is 3.52. The van der Waals surface area contributed by atoms with Crippen LogP contribution in [-0.2, 0) is 26.5 Å². The van der Waals surface area contributed by atoms with Gasteiger partial charge in [0.05, 0.1) is 0 Å². The van der Waals surface area contributed by atoms with E-state index in [4.69, 9.17) is 4.79 Å². The quantitative estimate of drug-likeness (QED) is 0.495. The molecule has 0 saturated carbocycles. The molecule has 2 nitrogen and oxygen atoms in total. The van der Waals surface area contributed by atoms with Crippen LogP contribution in [0, 0.1) is 5.92 Å². The molecule has 0 radical (unpaired) electrons. The van der Waals surface area contributed by atoms with Gasteiger partial charge in [-0.15, -0.1) is 0 Å². The first kappa shape index (κ1) is 19.7. The molecule has 2 aliphatic rings. The third-order valence-corrected chi connectivity index (χ3v) is 9.84. The van der Waals surface area contributed by atoms with E-state index in [2.05, 4.69) is 33.4 Å². The molecule has 1 aliphatic heterocycles. The summed E-state index contributed by atoms with van der Waals surface area (Å²) in [7, 11) is 0. The van der Waals surface area contributed by atoms with Crippen molar-refractivity contribution in [2.24, 2.45) is 11.7 Å². The second-order valence-corrected chi connectivity index (χ2v) is 11.1. The number of carbonyl (C=O) groups is 1. The van der Waals surface area contributed by atoms with Gasteiger partial charge in [0.15, 0.2) is 0 Å². The summed E-state index contributed by atoms with van der Waals surface area (Å²) < 4.78 is 5.23. The molecule has 0 bridgehead atoms. The zero-order valence-corrected chi connectivity index (χ0v) is 14.8. The monoisotopic (exact) mass is 354 g/mol. The zero-order valence-electron chi connectivity index (χ0n) is 10.8. The summed E-state index contributed by atoms with van der Waals surface area (Å²) in [6.45, 7) is 9.39. The minimum absolute atomic E-state index is 0. The van der Waals surface area contributed by atoms with Crippen molar-refractivity contribution in [1.82, 2.24) is 0 Å². The van der Waals surface area contributed by atoms with Gasteiger partial charge in [-0.3, -0.25) is 4.79 Å². The molecule has 0 aromatic carbocycles. The van der Waals surface area contributed by atoms with Gasteiger partial charge in [0.1, 0.15) is 0 Å².